The number of anilines is 1. The summed E-state index contributed by atoms with van der Waals surface area (Å²) in [6.07, 6.45) is 6.31. The maximum absolute atomic E-state index is 2.13. The molecule has 0 saturated heterocycles. The molecular formula is C17H18N. The van der Waals surface area contributed by atoms with Crippen molar-refractivity contribution in [2.24, 2.45) is 0 Å². The van der Waals surface area contributed by atoms with Gasteiger partial charge in [-0.05, 0) is 23.3 Å². The molecular weight excluding hydrogens is 218 g/mol. The van der Waals surface area contributed by atoms with Gasteiger partial charge < -0.3 is 4.90 Å². The second kappa shape index (κ2) is 6.06. The molecule has 1 heteroatoms. The van der Waals surface area contributed by atoms with Gasteiger partial charge in [0.25, 0.3) is 0 Å². The molecule has 0 aromatic heterocycles. The van der Waals surface area contributed by atoms with Gasteiger partial charge in [-0.3, -0.25) is 0 Å². The summed E-state index contributed by atoms with van der Waals surface area (Å²) in [5, 5.41) is 0. The van der Waals surface area contributed by atoms with Crippen LogP contribution in [0.25, 0.3) is 6.08 Å². The van der Waals surface area contributed by atoms with Crippen LogP contribution in [0.15, 0.2) is 60.7 Å². The molecule has 0 aliphatic rings. The molecule has 2 rings (SSSR count). The van der Waals surface area contributed by atoms with Crippen LogP contribution < -0.4 is 4.90 Å². The molecule has 0 saturated carbocycles. The predicted molar refractivity (Wildman–Crippen MR) is 79.6 cm³/mol. The number of rotatable bonds is 4. The smallest absolute Gasteiger partial charge is 0.0361 e. The maximum atomic E-state index is 2.13. The van der Waals surface area contributed by atoms with Crippen LogP contribution in [0.5, 0.6) is 0 Å². The molecule has 1 radical (unpaired) electrons. The van der Waals surface area contributed by atoms with Crippen molar-refractivity contribution >= 4 is 11.8 Å². The molecule has 0 bridgehead atoms. The fourth-order valence-electron chi connectivity index (χ4n) is 1.72. The predicted octanol–water partition coefficient (Wildman–Crippen LogP) is 4.02. The summed E-state index contributed by atoms with van der Waals surface area (Å²) in [5.41, 5.74) is 3.66. The molecule has 0 aliphatic carbocycles. The molecule has 0 unspecified atom stereocenters. The molecule has 2 aromatic carbocycles. The zero-order valence-corrected chi connectivity index (χ0v) is 10.9. The Morgan fingerprint density at radius 3 is 2.06 bits per heavy atom. The summed E-state index contributed by atoms with van der Waals surface area (Å²) in [6, 6.07) is 18.8. The lowest BCUT2D eigenvalue weighted by Crippen LogP contribution is -2.07. The van der Waals surface area contributed by atoms with E-state index >= 15 is 0 Å². The summed E-state index contributed by atoms with van der Waals surface area (Å²) < 4.78 is 0. The van der Waals surface area contributed by atoms with Crippen LogP contribution in [0.3, 0.4) is 0 Å². The highest BCUT2D eigenvalue weighted by atomic mass is 15.1. The van der Waals surface area contributed by atoms with Crippen molar-refractivity contribution in [1.29, 1.82) is 0 Å². The molecule has 0 atom stereocenters. The van der Waals surface area contributed by atoms with Gasteiger partial charge in [0.05, 0.1) is 0 Å². The van der Waals surface area contributed by atoms with E-state index in [-0.39, 0.29) is 0 Å². The Balaban J connectivity index is 1.96. The third-order valence-corrected chi connectivity index (χ3v) is 2.79. The van der Waals surface area contributed by atoms with E-state index in [0.29, 0.717) is 0 Å². The van der Waals surface area contributed by atoms with Crippen LogP contribution in [0.2, 0.25) is 0 Å². The minimum absolute atomic E-state index is 1.22. The van der Waals surface area contributed by atoms with Crippen LogP contribution in [0, 0.1) is 6.42 Å². The number of nitrogens with zero attached hydrogens (tertiary/aromatic N) is 1. The third kappa shape index (κ3) is 3.49. The second-order valence-corrected chi connectivity index (χ2v) is 4.42. The van der Waals surface area contributed by atoms with Crippen molar-refractivity contribution in [3.8, 4) is 0 Å². The summed E-state index contributed by atoms with van der Waals surface area (Å²) >= 11 is 0. The first-order valence-electron chi connectivity index (χ1n) is 6.09. The van der Waals surface area contributed by atoms with Crippen molar-refractivity contribution in [1.82, 2.24) is 0 Å². The highest BCUT2D eigenvalue weighted by molar-refractivity contribution is 5.53. The summed E-state index contributed by atoms with van der Waals surface area (Å²) in [6.45, 7) is 0. The number of benzene rings is 2. The molecule has 0 N–H and O–H groups in total. The Morgan fingerprint density at radius 2 is 1.44 bits per heavy atom. The van der Waals surface area contributed by atoms with Crippen LogP contribution >= 0.6 is 0 Å². The molecule has 0 aliphatic heterocycles. The molecule has 91 valence electrons. The van der Waals surface area contributed by atoms with Crippen LogP contribution in [0.4, 0.5) is 5.69 Å². The lowest BCUT2D eigenvalue weighted by Gasteiger charge is -2.12. The van der Waals surface area contributed by atoms with Gasteiger partial charge in [0.15, 0.2) is 0 Å². The lowest BCUT2D eigenvalue weighted by molar-refractivity contribution is 1.13. The fraction of sp³-hybridized carbons (Fsp3) is 0.118. The number of allylic oxidation sites excluding steroid dienone is 1. The van der Waals surface area contributed by atoms with Crippen molar-refractivity contribution < 1.29 is 0 Å². The van der Waals surface area contributed by atoms with Gasteiger partial charge >= 0.3 is 0 Å². The van der Waals surface area contributed by atoms with Gasteiger partial charge in [0.1, 0.15) is 0 Å². The van der Waals surface area contributed by atoms with E-state index in [9.17, 15) is 0 Å². The number of hydrogen-bond donors (Lipinski definition) is 0. The molecule has 0 heterocycles. The third-order valence-electron chi connectivity index (χ3n) is 2.79. The van der Waals surface area contributed by atoms with Crippen molar-refractivity contribution in [3.63, 3.8) is 0 Å². The van der Waals surface area contributed by atoms with E-state index in [1.807, 2.05) is 32.3 Å². The SMILES string of the molecule is CN(C)c1ccc([CH]/C=C/c2ccccc2)cc1. The van der Waals surface area contributed by atoms with Crippen LogP contribution in [-0.4, -0.2) is 14.1 Å². The van der Waals surface area contributed by atoms with Crippen molar-refractivity contribution in [2.45, 2.75) is 0 Å². The van der Waals surface area contributed by atoms with E-state index in [0.717, 1.165) is 0 Å². The summed E-state index contributed by atoms with van der Waals surface area (Å²) in [5.74, 6) is 0. The van der Waals surface area contributed by atoms with Gasteiger partial charge in [0, 0.05) is 26.2 Å². The summed E-state index contributed by atoms with van der Waals surface area (Å²) in [4.78, 5) is 2.10. The topological polar surface area (TPSA) is 3.24 Å². The Hall–Kier alpha value is -2.02. The zero-order valence-electron chi connectivity index (χ0n) is 10.9. The van der Waals surface area contributed by atoms with Crippen molar-refractivity contribution in [2.75, 3.05) is 19.0 Å². The standard InChI is InChI=1S/C17H18N/c1-18(2)17-13-11-16(12-14-17)10-6-9-15-7-4-3-5-8-15/h3-14H,1-2H3/b9-6+. The van der Waals surface area contributed by atoms with Crippen LogP contribution in [-0.2, 0) is 0 Å². The van der Waals surface area contributed by atoms with Gasteiger partial charge in [-0.15, -0.1) is 0 Å². The van der Waals surface area contributed by atoms with Crippen LogP contribution in [0.1, 0.15) is 11.1 Å². The largest absolute Gasteiger partial charge is 0.378 e. The minimum atomic E-state index is 1.22. The van der Waals surface area contributed by atoms with Gasteiger partial charge in [-0.1, -0.05) is 54.6 Å². The van der Waals surface area contributed by atoms with E-state index in [1.54, 1.807) is 0 Å². The Bertz CT molecular complexity index is 495. The average molecular weight is 236 g/mol. The first-order chi connectivity index (χ1) is 8.75. The second-order valence-electron chi connectivity index (χ2n) is 4.42. The summed E-state index contributed by atoms with van der Waals surface area (Å²) in [7, 11) is 4.10. The van der Waals surface area contributed by atoms with Gasteiger partial charge in [-0.2, -0.15) is 0 Å². The van der Waals surface area contributed by atoms with Crippen molar-refractivity contribution in [3.05, 3.63) is 78.2 Å². The molecule has 2 aromatic rings. The molecule has 1 nitrogen and oxygen atoms in total. The lowest BCUT2D eigenvalue weighted by atomic mass is 10.1. The first kappa shape index (κ1) is 12.4. The average Bonchev–Trinajstić information content (AvgIpc) is 2.40. The number of hydrogen-bond acceptors (Lipinski definition) is 1. The fourth-order valence-corrected chi connectivity index (χ4v) is 1.72. The monoisotopic (exact) mass is 236 g/mol. The zero-order chi connectivity index (χ0) is 12.8. The Kier molecular flexibility index (Phi) is 4.19. The molecule has 18 heavy (non-hydrogen) atoms. The molecule has 0 fully saturated rings. The Labute approximate surface area is 109 Å². The van der Waals surface area contributed by atoms with E-state index in [1.165, 1.54) is 16.8 Å². The molecule has 0 spiro atoms. The normalized spacial score (nSPS) is 10.8. The Morgan fingerprint density at radius 1 is 0.778 bits per heavy atom. The maximum Gasteiger partial charge on any atom is 0.0361 e. The molecule has 0 amide bonds. The van der Waals surface area contributed by atoms with E-state index < -0.39 is 0 Å². The van der Waals surface area contributed by atoms with Gasteiger partial charge in [-0.25, -0.2) is 0 Å². The van der Waals surface area contributed by atoms with E-state index in [2.05, 4.69) is 59.9 Å². The first-order valence-corrected chi connectivity index (χ1v) is 6.09. The highest BCUT2D eigenvalue weighted by Gasteiger charge is 1.94. The minimum Gasteiger partial charge on any atom is -0.378 e. The quantitative estimate of drug-likeness (QED) is 0.775. The highest BCUT2D eigenvalue weighted by Crippen LogP contribution is 2.14. The van der Waals surface area contributed by atoms with E-state index in [4.69, 9.17) is 0 Å². The van der Waals surface area contributed by atoms with Gasteiger partial charge in [0.2, 0.25) is 0 Å².